The summed E-state index contributed by atoms with van der Waals surface area (Å²) in [6, 6.07) is 59.2. The molecule has 0 radical (unpaired) electrons. The van der Waals surface area contributed by atoms with Gasteiger partial charge < -0.3 is 5.32 Å². The Morgan fingerprint density at radius 3 is 2.11 bits per heavy atom. The van der Waals surface area contributed by atoms with E-state index in [0.29, 0.717) is 5.82 Å². The monoisotopic (exact) mass is 709 g/mol. The van der Waals surface area contributed by atoms with Crippen LogP contribution in [0.5, 0.6) is 0 Å². The second-order valence-electron chi connectivity index (χ2n) is 15.0. The van der Waals surface area contributed by atoms with E-state index in [-0.39, 0.29) is 11.5 Å². The molecule has 1 unspecified atom stereocenters. The molecule has 54 heavy (non-hydrogen) atoms. The number of nitrogens with zero attached hydrogens (tertiary/aromatic N) is 2. The molecule has 0 amide bonds. The summed E-state index contributed by atoms with van der Waals surface area (Å²) in [5.74, 6) is 0.712. The van der Waals surface area contributed by atoms with Gasteiger partial charge in [0, 0.05) is 47.8 Å². The molecule has 11 rings (SSSR count). The van der Waals surface area contributed by atoms with Crippen LogP contribution < -0.4 is 5.32 Å². The molecule has 1 atom stereocenters. The molecule has 4 heteroatoms. The number of benzene rings is 7. The molecular formula is C50H35N3S. The fourth-order valence-corrected chi connectivity index (χ4v) is 10.1. The Bertz CT molecular complexity index is 2940. The predicted octanol–water partition coefficient (Wildman–Crippen LogP) is 13.3. The van der Waals surface area contributed by atoms with Gasteiger partial charge in [-0.1, -0.05) is 153 Å². The van der Waals surface area contributed by atoms with Crippen molar-refractivity contribution in [1.82, 2.24) is 9.97 Å². The molecule has 0 fully saturated rings. The van der Waals surface area contributed by atoms with E-state index < -0.39 is 0 Å². The van der Waals surface area contributed by atoms with Gasteiger partial charge >= 0.3 is 0 Å². The average molecular weight is 710 g/mol. The number of rotatable bonds is 4. The lowest BCUT2D eigenvalue weighted by Crippen LogP contribution is -2.19. The van der Waals surface area contributed by atoms with E-state index >= 15 is 0 Å². The van der Waals surface area contributed by atoms with E-state index in [2.05, 4.69) is 177 Å². The number of hydrogen-bond acceptors (Lipinski definition) is 4. The zero-order chi connectivity index (χ0) is 36.0. The maximum atomic E-state index is 5.35. The summed E-state index contributed by atoms with van der Waals surface area (Å²) in [7, 11) is 0. The minimum atomic E-state index is -0.0595. The lowest BCUT2D eigenvalue weighted by atomic mass is 9.82. The quantitative estimate of drug-likeness (QED) is 0.198. The normalized spacial score (nSPS) is 15.0. The Morgan fingerprint density at radius 1 is 0.537 bits per heavy atom. The van der Waals surface area contributed by atoms with Crippen molar-refractivity contribution in [1.29, 1.82) is 0 Å². The summed E-state index contributed by atoms with van der Waals surface area (Å²) in [4.78, 5) is 10.6. The first kappa shape index (κ1) is 31.2. The van der Waals surface area contributed by atoms with Crippen LogP contribution in [0, 0.1) is 0 Å². The minimum Gasteiger partial charge on any atom is -0.373 e. The molecule has 1 N–H and O–H groups in total. The van der Waals surface area contributed by atoms with Crippen molar-refractivity contribution in [3.63, 3.8) is 0 Å². The molecule has 2 aromatic heterocycles. The number of thiophene rings is 1. The predicted molar refractivity (Wildman–Crippen MR) is 226 cm³/mol. The van der Waals surface area contributed by atoms with Crippen molar-refractivity contribution >= 4 is 37.2 Å². The molecular weight excluding hydrogens is 675 g/mol. The van der Waals surface area contributed by atoms with Gasteiger partial charge in [0.25, 0.3) is 0 Å². The van der Waals surface area contributed by atoms with Crippen LogP contribution in [0.1, 0.15) is 42.1 Å². The highest BCUT2D eigenvalue weighted by molar-refractivity contribution is 7.26. The summed E-state index contributed by atoms with van der Waals surface area (Å²) in [6.07, 6.45) is 0. The number of fused-ring (bicyclic) bond motifs is 10. The maximum absolute atomic E-state index is 5.35. The van der Waals surface area contributed by atoms with Crippen LogP contribution in [-0.4, -0.2) is 9.97 Å². The van der Waals surface area contributed by atoms with E-state index in [1.54, 1.807) is 0 Å². The molecule has 7 aromatic carbocycles. The van der Waals surface area contributed by atoms with Crippen molar-refractivity contribution in [3.8, 4) is 56.2 Å². The zero-order valence-electron chi connectivity index (χ0n) is 30.0. The first-order valence-electron chi connectivity index (χ1n) is 18.6. The summed E-state index contributed by atoms with van der Waals surface area (Å²) in [5.41, 5.74) is 16.3. The largest absolute Gasteiger partial charge is 0.373 e. The van der Waals surface area contributed by atoms with Crippen LogP contribution in [0.3, 0.4) is 0 Å². The van der Waals surface area contributed by atoms with Crippen LogP contribution in [0.25, 0.3) is 76.3 Å². The van der Waals surface area contributed by atoms with E-state index in [1.165, 1.54) is 64.7 Å². The number of anilines is 1. The third-order valence-corrected chi connectivity index (χ3v) is 12.7. The Labute approximate surface area is 318 Å². The van der Waals surface area contributed by atoms with Crippen LogP contribution in [0.15, 0.2) is 164 Å². The first-order chi connectivity index (χ1) is 26.5. The number of aromatic nitrogens is 2. The number of nitrogens with one attached hydrogen (secondary N) is 1. The summed E-state index contributed by atoms with van der Waals surface area (Å²) >= 11 is 1.87. The molecule has 0 saturated heterocycles. The third kappa shape index (κ3) is 4.66. The number of para-hydroxylation sites is 1. The molecule has 0 saturated carbocycles. The van der Waals surface area contributed by atoms with E-state index in [9.17, 15) is 0 Å². The van der Waals surface area contributed by atoms with Gasteiger partial charge in [-0.05, 0) is 63.2 Å². The van der Waals surface area contributed by atoms with Gasteiger partial charge in [0.15, 0.2) is 5.82 Å². The standard InChI is InChI=1S/C50H35N3S/c1-50(2)39-22-11-9-18-33(39)38-28-32(24-26-40(38)50)41-29-42(52-49(51-41)31-16-7-4-8-17-31)34-20-13-21-36-45-37(47(53-48(34)36)30-14-5-3-6-15-30)25-27-44-46(45)35-19-10-12-23-43(35)54-44/h3-29,47,53H,1-2H3. The molecule has 1 aliphatic heterocycles. The Balaban J connectivity index is 1.16. The van der Waals surface area contributed by atoms with E-state index in [4.69, 9.17) is 9.97 Å². The van der Waals surface area contributed by atoms with Crippen molar-refractivity contribution in [2.45, 2.75) is 25.3 Å². The topological polar surface area (TPSA) is 37.8 Å². The van der Waals surface area contributed by atoms with Gasteiger partial charge in [-0.2, -0.15) is 0 Å². The smallest absolute Gasteiger partial charge is 0.160 e. The fourth-order valence-electron chi connectivity index (χ4n) is 8.95. The highest BCUT2D eigenvalue weighted by Crippen LogP contribution is 2.53. The van der Waals surface area contributed by atoms with Gasteiger partial charge in [-0.25, -0.2) is 9.97 Å². The van der Waals surface area contributed by atoms with Crippen molar-refractivity contribution in [3.05, 3.63) is 186 Å². The van der Waals surface area contributed by atoms with Crippen molar-refractivity contribution < 1.29 is 0 Å². The number of hydrogen-bond donors (Lipinski definition) is 1. The third-order valence-electron chi connectivity index (χ3n) is 11.6. The lowest BCUT2D eigenvalue weighted by Gasteiger charge is -2.32. The van der Waals surface area contributed by atoms with Gasteiger partial charge in [0.05, 0.1) is 23.1 Å². The summed E-state index contributed by atoms with van der Waals surface area (Å²) in [6.45, 7) is 4.65. The molecule has 0 spiro atoms. The Kier molecular flexibility index (Phi) is 6.83. The van der Waals surface area contributed by atoms with Crippen LogP contribution in [0.4, 0.5) is 5.69 Å². The highest BCUT2D eigenvalue weighted by atomic mass is 32.1. The van der Waals surface area contributed by atoms with E-state index in [1.807, 2.05) is 17.4 Å². The summed E-state index contributed by atoms with van der Waals surface area (Å²) in [5, 5.41) is 6.68. The van der Waals surface area contributed by atoms with Gasteiger partial charge in [-0.3, -0.25) is 0 Å². The van der Waals surface area contributed by atoms with Gasteiger partial charge in [0.1, 0.15) is 0 Å². The molecule has 3 heterocycles. The van der Waals surface area contributed by atoms with Crippen LogP contribution in [0.2, 0.25) is 0 Å². The molecule has 9 aromatic rings. The first-order valence-corrected chi connectivity index (χ1v) is 19.4. The minimum absolute atomic E-state index is 0.0343. The summed E-state index contributed by atoms with van der Waals surface area (Å²) < 4.78 is 2.61. The molecule has 1 aliphatic carbocycles. The lowest BCUT2D eigenvalue weighted by molar-refractivity contribution is 0.660. The van der Waals surface area contributed by atoms with Crippen LogP contribution in [-0.2, 0) is 5.41 Å². The van der Waals surface area contributed by atoms with E-state index in [0.717, 1.165) is 33.8 Å². The van der Waals surface area contributed by atoms with Crippen molar-refractivity contribution in [2.75, 3.05) is 5.32 Å². The maximum Gasteiger partial charge on any atom is 0.160 e. The second kappa shape index (κ2) is 11.8. The molecule has 2 aliphatic rings. The second-order valence-corrected chi connectivity index (χ2v) is 16.1. The van der Waals surface area contributed by atoms with Gasteiger partial charge in [-0.15, -0.1) is 11.3 Å². The Morgan fingerprint density at radius 2 is 1.24 bits per heavy atom. The molecule has 0 bridgehead atoms. The zero-order valence-corrected chi connectivity index (χ0v) is 30.8. The fraction of sp³-hybridized carbons (Fsp3) is 0.0800. The van der Waals surface area contributed by atoms with Gasteiger partial charge in [0.2, 0.25) is 0 Å². The average Bonchev–Trinajstić information content (AvgIpc) is 3.72. The van der Waals surface area contributed by atoms with Crippen molar-refractivity contribution in [2.24, 2.45) is 0 Å². The Hall–Kier alpha value is -6.36. The van der Waals surface area contributed by atoms with Crippen LogP contribution >= 0.6 is 11.3 Å². The SMILES string of the molecule is CC1(C)c2ccccc2-c2cc(-c3cc(-c4cccc5c4NC(c4ccccc4)c4ccc6sc7ccccc7c6c4-5)nc(-c4ccccc4)n3)ccc21. The molecule has 3 nitrogen and oxygen atoms in total. The highest BCUT2D eigenvalue weighted by Gasteiger charge is 2.35. The molecule has 256 valence electrons.